The van der Waals surface area contributed by atoms with Crippen molar-refractivity contribution in [3.8, 4) is 33.6 Å². The Kier molecular flexibility index (Phi) is 6.84. The molecule has 0 saturated heterocycles. The zero-order valence-electron chi connectivity index (χ0n) is 26.3. The van der Waals surface area contributed by atoms with Gasteiger partial charge in [-0.25, -0.2) is 0 Å². The molecule has 0 atom stereocenters. The Morgan fingerprint density at radius 3 is 1.38 bits per heavy atom. The lowest BCUT2D eigenvalue weighted by molar-refractivity contribution is 0.632. The number of hydrogen-bond donors (Lipinski definition) is 0. The predicted octanol–water partition coefficient (Wildman–Crippen LogP) is 13.2. The minimum atomic E-state index is 0.883. The zero-order valence-corrected chi connectivity index (χ0v) is 26.3. The Balaban J connectivity index is 1.06. The molecule has 9 rings (SSSR count). The molecule has 48 heavy (non-hydrogen) atoms. The van der Waals surface area contributed by atoms with Gasteiger partial charge in [0.2, 0.25) is 0 Å². The van der Waals surface area contributed by atoms with Gasteiger partial charge in [-0.15, -0.1) is 0 Å². The SMILES string of the molecule is c1ccc(-c2cc3ccccc3o2)c(-c2ccc(-c3ccc(N(c4ccc5ccccc5c4)c4ccc5ccccc5c4)cc3)cc2)c1. The summed E-state index contributed by atoms with van der Waals surface area (Å²) in [7, 11) is 0. The molecule has 0 saturated carbocycles. The van der Waals surface area contributed by atoms with Crippen molar-refractivity contribution in [1.82, 2.24) is 0 Å². The van der Waals surface area contributed by atoms with Crippen LogP contribution in [-0.4, -0.2) is 0 Å². The standard InChI is InChI=1S/C46H31NO/c1-3-11-37-29-41(27-23-32(37)9-1)47(42-28-24-33-10-2-4-12-38(33)30-42)40-25-21-35(22-26-40)34-17-19-36(20-18-34)43-14-6-7-15-44(43)46-31-39-13-5-8-16-45(39)48-46/h1-31H. The van der Waals surface area contributed by atoms with E-state index >= 15 is 0 Å². The molecule has 8 aromatic carbocycles. The Hall–Kier alpha value is -6.38. The van der Waals surface area contributed by atoms with Crippen molar-refractivity contribution < 1.29 is 4.42 Å². The van der Waals surface area contributed by atoms with E-state index in [2.05, 4.69) is 175 Å². The van der Waals surface area contributed by atoms with E-state index in [1.807, 2.05) is 18.2 Å². The zero-order chi connectivity index (χ0) is 31.9. The Labute approximate surface area is 279 Å². The average Bonchev–Trinajstić information content (AvgIpc) is 3.60. The molecule has 9 aromatic rings. The van der Waals surface area contributed by atoms with Crippen molar-refractivity contribution in [3.63, 3.8) is 0 Å². The molecule has 0 radical (unpaired) electrons. The second kappa shape index (κ2) is 11.8. The number of rotatable bonds is 6. The Bertz CT molecular complexity index is 2450. The maximum atomic E-state index is 6.24. The maximum absolute atomic E-state index is 6.24. The molecule has 1 aromatic heterocycles. The summed E-state index contributed by atoms with van der Waals surface area (Å²) >= 11 is 0. The van der Waals surface area contributed by atoms with Crippen molar-refractivity contribution in [1.29, 1.82) is 0 Å². The van der Waals surface area contributed by atoms with E-state index in [0.717, 1.165) is 50.5 Å². The third-order valence-corrected chi connectivity index (χ3v) is 9.26. The third-order valence-electron chi connectivity index (χ3n) is 9.26. The average molecular weight is 614 g/mol. The van der Waals surface area contributed by atoms with Gasteiger partial charge in [0, 0.05) is 28.0 Å². The lowest BCUT2D eigenvalue weighted by Gasteiger charge is -2.26. The number of para-hydroxylation sites is 1. The molecule has 0 fully saturated rings. The fourth-order valence-electron chi connectivity index (χ4n) is 6.79. The first-order valence-electron chi connectivity index (χ1n) is 16.3. The summed E-state index contributed by atoms with van der Waals surface area (Å²) < 4.78 is 6.24. The summed E-state index contributed by atoms with van der Waals surface area (Å²) in [5.41, 5.74) is 10.0. The van der Waals surface area contributed by atoms with E-state index in [1.165, 1.54) is 32.7 Å². The van der Waals surface area contributed by atoms with Crippen LogP contribution in [-0.2, 0) is 0 Å². The van der Waals surface area contributed by atoms with Gasteiger partial charge in [0.25, 0.3) is 0 Å². The van der Waals surface area contributed by atoms with Crippen molar-refractivity contribution in [2.75, 3.05) is 4.90 Å². The lowest BCUT2D eigenvalue weighted by atomic mass is 9.96. The van der Waals surface area contributed by atoms with E-state index in [4.69, 9.17) is 4.42 Å². The van der Waals surface area contributed by atoms with Crippen LogP contribution in [0.3, 0.4) is 0 Å². The van der Waals surface area contributed by atoms with Gasteiger partial charge in [0.05, 0.1) is 0 Å². The molecule has 0 aliphatic carbocycles. The molecule has 1 heterocycles. The number of benzene rings is 8. The molecular formula is C46H31NO. The summed E-state index contributed by atoms with van der Waals surface area (Å²) in [5, 5.41) is 6.03. The second-order valence-corrected chi connectivity index (χ2v) is 12.2. The summed E-state index contributed by atoms with van der Waals surface area (Å²) in [4.78, 5) is 2.35. The molecule has 0 aliphatic rings. The summed E-state index contributed by atoms with van der Waals surface area (Å²) in [6.45, 7) is 0. The van der Waals surface area contributed by atoms with Crippen LogP contribution in [0.5, 0.6) is 0 Å². The summed E-state index contributed by atoms with van der Waals surface area (Å²) in [6, 6.07) is 67.0. The molecule has 226 valence electrons. The van der Waals surface area contributed by atoms with E-state index in [0.29, 0.717) is 0 Å². The predicted molar refractivity (Wildman–Crippen MR) is 202 cm³/mol. The first-order valence-corrected chi connectivity index (χ1v) is 16.3. The van der Waals surface area contributed by atoms with Gasteiger partial charge >= 0.3 is 0 Å². The second-order valence-electron chi connectivity index (χ2n) is 12.2. The monoisotopic (exact) mass is 613 g/mol. The molecule has 0 amide bonds. The first-order chi connectivity index (χ1) is 23.8. The van der Waals surface area contributed by atoms with Gasteiger partial charge in [0.15, 0.2) is 0 Å². The molecule has 0 unspecified atom stereocenters. The third kappa shape index (κ3) is 5.10. The molecule has 2 nitrogen and oxygen atoms in total. The van der Waals surface area contributed by atoms with Crippen LogP contribution in [0.25, 0.3) is 66.1 Å². The van der Waals surface area contributed by atoms with Crippen molar-refractivity contribution in [3.05, 3.63) is 188 Å². The minimum absolute atomic E-state index is 0.883. The molecule has 0 bridgehead atoms. The highest BCUT2D eigenvalue weighted by atomic mass is 16.3. The highest BCUT2D eigenvalue weighted by Crippen LogP contribution is 2.39. The van der Waals surface area contributed by atoms with Gasteiger partial charge in [0.1, 0.15) is 11.3 Å². The smallest absolute Gasteiger partial charge is 0.136 e. The van der Waals surface area contributed by atoms with Crippen LogP contribution in [0.1, 0.15) is 0 Å². The Morgan fingerprint density at radius 1 is 0.312 bits per heavy atom. The minimum Gasteiger partial charge on any atom is -0.456 e. The van der Waals surface area contributed by atoms with Crippen LogP contribution in [0.2, 0.25) is 0 Å². The fourth-order valence-corrected chi connectivity index (χ4v) is 6.79. The van der Waals surface area contributed by atoms with Gasteiger partial charge in [-0.1, -0.05) is 140 Å². The summed E-state index contributed by atoms with van der Waals surface area (Å²) in [5.74, 6) is 0.883. The maximum Gasteiger partial charge on any atom is 0.136 e. The van der Waals surface area contributed by atoms with E-state index in [-0.39, 0.29) is 0 Å². The molecule has 0 spiro atoms. The van der Waals surface area contributed by atoms with Crippen LogP contribution in [0.15, 0.2) is 192 Å². The molecular weight excluding hydrogens is 583 g/mol. The van der Waals surface area contributed by atoms with Crippen LogP contribution in [0.4, 0.5) is 17.1 Å². The number of hydrogen-bond acceptors (Lipinski definition) is 2. The normalized spacial score (nSPS) is 11.3. The highest BCUT2D eigenvalue weighted by molar-refractivity contribution is 5.93. The largest absolute Gasteiger partial charge is 0.456 e. The van der Waals surface area contributed by atoms with Crippen molar-refractivity contribution in [2.24, 2.45) is 0 Å². The lowest BCUT2D eigenvalue weighted by Crippen LogP contribution is -2.09. The highest BCUT2D eigenvalue weighted by Gasteiger charge is 2.15. The number of furan rings is 1. The van der Waals surface area contributed by atoms with Gasteiger partial charge in [-0.05, 0) is 92.3 Å². The van der Waals surface area contributed by atoms with Crippen LogP contribution < -0.4 is 4.90 Å². The van der Waals surface area contributed by atoms with Crippen molar-refractivity contribution >= 4 is 49.6 Å². The fraction of sp³-hybridized carbons (Fsp3) is 0. The Morgan fingerprint density at radius 2 is 0.771 bits per heavy atom. The summed E-state index contributed by atoms with van der Waals surface area (Å²) in [6.07, 6.45) is 0. The van der Waals surface area contributed by atoms with Gasteiger partial charge in [-0.2, -0.15) is 0 Å². The first kappa shape index (κ1) is 27.9. The molecule has 2 heteroatoms. The van der Waals surface area contributed by atoms with Crippen molar-refractivity contribution in [2.45, 2.75) is 0 Å². The van der Waals surface area contributed by atoms with Gasteiger partial charge in [-0.3, -0.25) is 0 Å². The van der Waals surface area contributed by atoms with Crippen LogP contribution >= 0.6 is 0 Å². The molecule has 0 N–H and O–H groups in total. The number of nitrogens with zero attached hydrogens (tertiary/aromatic N) is 1. The van der Waals surface area contributed by atoms with Gasteiger partial charge < -0.3 is 9.32 Å². The molecule has 0 aliphatic heterocycles. The number of fused-ring (bicyclic) bond motifs is 3. The number of anilines is 3. The topological polar surface area (TPSA) is 16.4 Å². The van der Waals surface area contributed by atoms with E-state index in [9.17, 15) is 0 Å². The van der Waals surface area contributed by atoms with E-state index in [1.54, 1.807) is 0 Å². The van der Waals surface area contributed by atoms with Crippen LogP contribution in [0, 0.1) is 0 Å². The quantitative estimate of drug-likeness (QED) is 0.185. The van der Waals surface area contributed by atoms with E-state index < -0.39 is 0 Å².